The zero-order chi connectivity index (χ0) is 9.90. The minimum Gasteiger partial charge on any atom is -0.229 e. The first kappa shape index (κ1) is 10.7. The van der Waals surface area contributed by atoms with E-state index in [0.717, 1.165) is 11.1 Å². The van der Waals surface area contributed by atoms with Gasteiger partial charge in [-0.15, -0.1) is 0 Å². The summed E-state index contributed by atoms with van der Waals surface area (Å²) < 4.78 is 22.1. The fourth-order valence-corrected chi connectivity index (χ4v) is 2.50. The predicted octanol–water partition coefficient (Wildman–Crippen LogP) is 2.13. The number of alkyl halides is 1. The van der Waals surface area contributed by atoms with Gasteiger partial charge in [0.1, 0.15) is 0 Å². The third-order valence-electron chi connectivity index (χ3n) is 1.68. The lowest BCUT2D eigenvalue weighted by Crippen LogP contribution is -2.02. The molecule has 0 atom stereocenters. The van der Waals surface area contributed by atoms with Gasteiger partial charge in [-0.1, -0.05) is 40.2 Å². The molecule has 0 heterocycles. The molecule has 2 nitrogen and oxygen atoms in total. The van der Waals surface area contributed by atoms with E-state index in [4.69, 9.17) is 0 Å². The second kappa shape index (κ2) is 4.24. The summed E-state index contributed by atoms with van der Waals surface area (Å²) in [5, 5.41) is 0.693. The molecule has 0 radical (unpaired) electrons. The van der Waals surface area contributed by atoms with Gasteiger partial charge in [0, 0.05) is 11.6 Å². The lowest BCUT2D eigenvalue weighted by atomic mass is 10.1. The molecule has 0 amide bonds. The first-order valence-corrected chi connectivity index (χ1v) is 7.01. The monoisotopic (exact) mass is 262 g/mol. The van der Waals surface area contributed by atoms with Crippen LogP contribution >= 0.6 is 15.9 Å². The molecule has 0 saturated heterocycles. The lowest BCUT2D eigenvalue weighted by Gasteiger charge is -2.04. The summed E-state index contributed by atoms with van der Waals surface area (Å²) in [6.45, 7) is 0. The third-order valence-corrected chi connectivity index (χ3v) is 3.12. The van der Waals surface area contributed by atoms with Gasteiger partial charge in [-0.25, -0.2) is 8.42 Å². The van der Waals surface area contributed by atoms with Crippen molar-refractivity contribution in [3.8, 4) is 0 Å². The smallest absolute Gasteiger partial charge is 0.151 e. The number of halogens is 1. The second-order valence-corrected chi connectivity index (χ2v) is 5.67. The fraction of sp³-hybridized carbons (Fsp3) is 0.333. The normalized spacial score (nSPS) is 11.5. The van der Waals surface area contributed by atoms with Gasteiger partial charge >= 0.3 is 0 Å². The zero-order valence-electron chi connectivity index (χ0n) is 7.33. The molecule has 0 unspecified atom stereocenters. The highest BCUT2D eigenvalue weighted by atomic mass is 79.9. The molecule has 4 heteroatoms. The molecule has 1 aromatic rings. The molecule has 0 aromatic heterocycles. The number of hydrogen-bond donors (Lipinski definition) is 0. The van der Waals surface area contributed by atoms with Crippen LogP contribution in [0.25, 0.3) is 0 Å². The van der Waals surface area contributed by atoms with Crippen molar-refractivity contribution in [1.29, 1.82) is 0 Å². The van der Waals surface area contributed by atoms with Crippen LogP contribution in [0.15, 0.2) is 24.3 Å². The van der Waals surface area contributed by atoms with Gasteiger partial charge in [-0.05, 0) is 11.1 Å². The molecule has 1 rings (SSSR count). The SMILES string of the molecule is CS(=O)(=O)Cc1ccccc1CBr. The maximum atomic E-state index is 11.1. The molecule has 0 fully saturated rings. The first-order valence-electron chi connectivity index (χ1n) is 3.83. The molecule has 1 aromatic carbocycles. The zero-order valence-corrected chi connectivity index (χ0v) is 9.73. The van der Waals surface area contributed by atoms with Crippen LogP contribution in [0.2, 0.25) is 0 Å². The molecule has 0 bridgehead atoms. The van der Waals surface area contributed by atoms with Crippen LogP contribution in [0.1, 0.15) is 11.1 Å². The van der Waals surface area contributed by atoms with Crippen molar-refractivity contribution in [2.75, 3.05) is 6.26 Å². The third kappa shape index (κ3) is 3.48. The van der Waals surface area contributed by atoms with Gasteiger partial charge in [0.05, 0.1) is 5.75 Å². The van der Waals surface area contributed by atoms with E-state index in [1.54, 1.807) is 0 Å². The maximum Gasteiger partial charge on any atom is 0.151 e. The first-order chi connectivity index (χ1) is 6.03. The van der Waals surface area contributed by atoms with E-state index in [1.807, 2.05) is 24.3 Å². The average molecular weight is 263 g/mol. The Morgan fingerprint density at radius 2 is 1.77 bits per heavy atom. The van der Waals surface area contributed by atoms with Crippen LogP contribution in [-0.4, -0.2) is 14.7 Å². The molecule has 13 heavy (non-hydrogen) atoms. The largest absolute Gasteiger partial charge is 0.229 e. The van der Waals surface area contributed by atoms with Gasteiger partial charge in [-0.2, -0.15) is 0 Å². The van der Waals surface area contributed by atoms with Gasteiger partial charge < -0.3 is 0 Å². The van der Waals surface area contributed by atoms with Crippen molar-refractivity contribution in [2.45, 2.75) is 11.1 Å². The highest BCUT2D eigenvalue weighted by molar-refractivity contribution is 9.08. The highest BCUT2D eigenvalue weighted by Gasteiger charge is 2.07. The number of benzene rings is 1. The van der Waals surface area contributed by atoms with Gasteiger partial charge in [0.25, 0.3) is 0 Å². The lowest BCUT2D eigenvalue weighted by molar-refractivity contribution is 0.601. The molecule has 0 saturated carbocycles. The molecule has 0 aliphatic heterocycles. The van der Waals surface area contributed by atoms with Crippen molar-refractivity contribution in [3.63, 3.8) is 0 Å². The highest BCUT2D eigenvalue weighted by Crippen LogP contribution is 2.14. The van der Waals surface area contributed by atoms with Crippen LogP contribution in [-0.2, 0) is 20.9 Å². The van der Waals surface area contributed by atoms with Crippen LogP contribution in [0, 0.1) is 0 Å². The molecule has 0 N–H and O–H groups in total. The minimum atomic E-state index is -2.93. The standard InChI is InChI=1S/C9H11BrO2S/c1-13(11,12)7-9-5-3-2-4-8(9)6-10/h2-5H,6-7H2,1H3. The van der Waals surface area contributed by atoms with Gasteiger partial charge in [-0.3, -0.25) is 0 Å². The summed E-state index contributed by atoms with van der Waals surface area (Å²) in [5.41, 5.74) is 1.91. The maximum absolute atomic E-state index is 11.1. The molecular weight excluding hydrogens is 252 g/mol. The van der Waals surface area contributed by atoms with E-state index in [-0.39, 0.29) is 5.75 Å². The Bertz CT molecular complexity index is 384. The quantitative estimate of drug-likeness (QED) is 0.783. The summed E-state index contributed by atoms with van der Waals surface area (Å²) in [4.78, 5) is 0. The molecule has 0 aliphatic rings. The van der Waals surface area contributed by atoms with E-state index >= 15 is 0 Å². The van der Waals surface area contributed by atoms with Crippen molar-refractivity contribution >= 4 is 25.8 Å². The van der Waals surface area contributed by atoms with Crippen LogP contribution in [0.5, 0.6) is 0 Å². The van der Waals surface area contributed by atoms with Crippen molar-refractivity contribution in [3.05, 3.63) is 35.4 Å². The van der Waals surface area contributed by atoms with Crippen molar-refractivity contribution < 1.29 is 8.42 Å². The average Bonchev–Trinajstić information content (AvgIpc) is 2.02. The Morgan fingerprint density at radius 1 is 1.23 bits per heavy atom. The van der Waals surface area contributed by atoms with E-state index < -0.39 is 9.84 Å². The van der Waals surface area contributed by atoms with E-state index in [0.29, 0.717) is 5.33 Å². The molecule has 72 valence electrons. The number of sulfone groups is 1. The Labute approximate surface area is 87.0 Å². The number of hydrogen-bond acceptors (Lipinski definition) is 2. The minimum absolute atomic E-state index is 0.120. The van der Waals surface area contributed by atoms with E-state index in [2.05, 4.69) is 15.9 Å². The summed E-state index contributed by atoms with van der Waals surface area (Å²) in [6.07, 6.45) is 1.25. The summed E-state index contributed by atoms with van der Waals surface area (Å²) in [5.74, 6) is 0.120. The molecule has 0 aliphatic carbocycles. The van der Waals surface area contributed by atoms with E-state index in [1.165, 1.54) is 6.26 Å². The molecule has 0 spiro atoms. The summed E-state index contributed by atoms with van der Waals surface area (Å²) in [6, 6.07) is 7.53. The predicted molar refractivity (Wildman–Crippen MR) is 57.6 cm³/mol. The summed E-state index contributed by atoms with van der Waals surface area (Å²) in [7, 11) is -2.93. The fourth-order valence-electron chi connectivity index (χ4n) is 1.11. The Balaban J connectivity index is 3.01. The van der Waals surface area contributed by atoms with Gasteiger partial charge in [0.15, 0.2) is 9.84 Å². The Hall–Kier alpha value is -0.350. The van der Waals surface area contributed by atoms with Gasteiger partial charge in [0.2, 0.25) is 0 Å². The number of rotatable bonds is 3. The topological polar surface area (TPSA) is 34.1 Å². The van der Waals surface area contributed by atoms with Crippen LogP contribution < -0.4 is 0 Å². The summed E-state index contributed by atoms with van der Waals surface area (Å²) >= 11 is 3.32. The van der Waals surface area contributed by atoms with Crippen molar-refractivity contribution in [1.82, 2.24) is 0 Å². The second-order valence-electron chi connectivity index (χ2n) is 2.97. The molecular formula is C9H11BrO2S. The van der Waals surface area contributed by atoms with E-state index in [9.17, 15) is 8.42 Å². The Kier molecular flexibility index (Phi) is 3.50. The van der Waals surface area contributed by atoms with Crippen LogP contribution in [0.3, 0.4) is 0 Å². The van der Waals surface area contributed by atoms with Crippen molar-refractivity contribution in [2.24, 2.45) is 0 Å². The van der Waals surface area contributed by atoms with Crippen LogP contribution in [0.4, 0.5) is 0 Å². The Morgan fingerprint density at radius 3 is 2.23 bits per heavy atom.